The summed E-state index contributed by atoms with van der Waals surface area (Å²) < 4.78 is 0. The monoisotopic (exact) mass is 259 g/mol. The fourth-order valence-electron chi connectivity index (χ4n) is 1.55. The Bertz CT molecular complexity index is 594. The Labute approximate surface area is 109 Å². The van der Waals surface area contributed by atoms with Crippen LogP contribution < -0.4 is 0 Å². The van der Waals surface area contributed by atoms with E-state index in [4.69, 9.17) is 11.6 Å². The molecule has 0 aliphatic carbocycles. The lowest BCUT2D eigenvalue weighted by atomic mass is 10.0. The molecule has 0 saturated carbocycles. The highest BCUT2D eigenvalue weighted by Gasteiger charge is 2.10. The number of carboxylic acids is 1. The quantitative estimate of drug-likeness (QED) is 0.860. The van der Waals surface area contributed by atoms with E-state index >= 15 is 0 Å². The van der Waals surface area contributed by atoms with Gasteiger partial charge in [-0.1, -0.05) is 29.8 Å². The first kappa shape index (κ1) is 12.3. The van der Waals surface area contributed by atoms with Gasteiger partial charge in [-0.2, -0.15) is 0 Å². The van der Waals surface area contributed by atoms with Crippen molar-refractivity contribution in [3.05, 3.63) is 64.9 Å². The van der Waals surface area contributed by atoms with Gasteiger partial charge in [0.15, 0.2) is 0 Å². The van der Waals surface area contributed by atoms with Gasteiger partial charge >= 0.3 is 5.97 Å². The number of benzene rings is 1. The first-order valence-corrected chi connectivity index (χ1v) is 5.65. The van der Waals surface area contributed by atoms with E-state index in [-0.39, 0.29) is 5.57 Å². The molecule has 0 atom stereocenters. The summed E-state index contributed by atoms with van der Waals surface area (Å²) in [5, 5.41) is 9.75. The van der Waals surface area contributed by atoms with Crippen LogP contribution in [0.25, 0.3) is 11.6 Å². The Hall–Kier alpha value is -2.13. The van der Waals surface area contributed by atoms with Gasteiger partial charge < -0.3 is 5.11 Å². The molecule has 0 unspecified atom stereocenters. The molecule has 4 heteroatoms. The Kier molecular flexibility index (Phi) is 3.75. The highest BCUT2D eigenvalue weighted by Crippen LogP contribution is 2.21. The maximum atomic E-state index is 11.3. The van der Waals surface area contributed by atoms with Gasteiger partial charge in [0.25, 0.3) is 0 Å². The van der Waals surface area contributed by atoms with Crippen LogP contribution in [-0.4, -0.2) is 16.1 Å². The molecule has 0 amide bonds. The van der Waals surface area contributed by atoms with Gasteiger partial charge in [0, 0.05) is 17.4 Å². The second kappa shape index (κ2) is 5.47. The maximum absolute atomic E-state index is 11.3. The summed E-state index contributed by atoms with van der Waals surface area (Å²) in [4.78, 5) is 15.2. The summed E-state index contributed by atoms with van der Waals surface area (Å²) in [7, 11) is 0. The number of pyridine rings is 1. The van der Waals surface area contributed by atoms with Crippen LogP contribution in [0, 0.1) is 0 Å². The van der Waals surface area contributed by atoms with Crippen molar-refractivity contribution in [1.29, 1.82) is 0 Å². The average Bonchev–Trinajstić information content (AvgIpc) is 2.37. The van der Waals surface area contributed by atoms with E-state index in [1.807, 2.05) is 0 Å². The normalized spacial score (nSPS) is 11.3. The Morgan fingerprint density at radius 2 is 2.11 bits per heavy atom. The first-order valence-electron chi connectivity index (χ1n) is 5.28. The minimum atomic E-state index is -0.999. The summed E-state index contributed by atoms with van der Waals surface area (Å²) >= 11 is 5.86. The average molecular weight is 260 g/mol. The van der Waals surface area contributed by atoms with Crippen LogP contribution in [0.15, 0.2) is 48.8 Å². The molecule has 1 N–H and O–H groups in total. The third kappa shape index (κ3) is 2.96. The first-order chi connectivity index (χ1) is 8.66. The molecule has 1 aromatic carbocycles. The van der Waals surface area contributed by atoms with E-state index < -0.39 is 5.97 Å². The number of rotatable bonds is 3. The van der Waals surface area contributed by atoms with Crippen LogP contribution in [-0.2, 0) is 4.79 Å². The second-order valence-corrected chi connectivity index (χ2v) is 4.10. The van der Waals surface area contributed by atoms with Gasteiger partial charge in [-0.15, -0.1) is 0 Å². The highest BCUT2D eigenvalue weighted by atomic mass is 35.5. The number of carbonyl (C=O) groups is 1. The third-order valence-corrected chi connectivity index (χ3v) is 2.60. The fourth-order valence-corrected chi connectivity index (χ4v) is 1.74. The molecule has 3 nitrogen and oxygen atoms in total. The van der Waals surface area contributed by atoms with Crippen molar-refractivity contribution in [1.82, 2.24) is 4.98 Å². The third-order valence-electron chi connectivity index (χ3n) is 2.36. The molecule has 0 saturated heterocycles. The molecular weight excluding hydrogens is 250 g/mol. The molecule has 0 bridgehead atoms. The number of aliphatic carboxylic acids is 1. The zero-order valence-electron chi connectivity index (χ0n) is 9.38. The molecule has 90 valence electrons. The minimum Gasteiger partial charge on any atom is -0.478 e. The fraction of sp³-hybridized carbons (Fsp3) is 0. The van der Waals surface area contributed by atoms with Crippen molar-refractivity contribution in [2.75, 3.05) is 0 Å². The van der Waals surface area contributed by atoms with Crippen LogP contribution in [0.1, 0.15) is 11.1 Å². The van der Waals surface area contributed by atoms with E-state index in [9.17, 15) is 9.90 Å². The molecule has 18 heavy (non-hydrogen) atoms. The lowest BCUT2D eigenvalue weighted by Crippen LogP contribution is -1.99. The second-order valence-electron chi connectivity index (χ2n) is 3.66. The van der Waals surface area contributed by atoms with E-state index in [2.05, 4.69) is 4.98 Å². The molecule has 0 fully saturated rings. The van der Waals surface area contributed by atoms with Crippen LogP contribution in [0.3, 0.4) is 0 Å². The van der Waals surface area contributed by atoms with E-state index in [0.717, 1.165) is 5.56 Å². The number of carboxylic acid groups (broad SMARTS) is 1. The molecule has 0 spiro atoms. The van der Waals surface area contributed by atoms with Crippen molar-refractivity contribution in [2.24, 2.45) is 0 Å². The molecule has 1 heterocycles. The van der Waals surface area contributed by atoms with Crippen molar-refractivity contribution < 1.29 is 9.90 Å². The van der Waals surface area contributed by atoms with Gasteiger partial charge in [0.2, 0.25) is 0 Å². The predicted molar refractivity (Wildman–Crippen MR) is 71.2 cm³/mol. The van der Waals surface area contributed by atoms with E-state index in [0.29, 0.717) is 10.6 Å². The van der Waals surface area contributed by atoms with E-state index in [1.54, 1.807) is 54.9 Å². The lowest BCUT2D eigenvalue weighted by Gasteiger charge is -2.03. The molecule has 0 aliphatic rings. The van der Waals surface area contributed by atoms with Crippen molar-refractivity contribution >= 4 is 29.2 Å². The SMILES string of the molecule is O=C(O)/C(=C/c1cccnc1)c1cccc(Cl)c1. The number of halogens is 1. The van der Waals surface area contributed by atoms with Crippen molar-refractivity contribution in [2.45, 2.75) is 0 Å². The zero-order valence-corrected chi connectivity index (χ0v) is 10.1. The number of nitrogens with zero attached hydrogens (tertiary/aromatic N) is 1. The number of hydrogen-bond acceptors (Lipinski definition) is 2. The molecule has 2 aromatic rings. The van der Waals surface area contributed by atoms with Gasteiger partial charge in [0.05, 0.1) is 5.57 Å². The van der Waals surface area contributed by atoms with Crippen LogP contribution >= 0.6 is 11.6 Å². The van der Waals surface area contributed by atoms with Crippen LogP contribution in [0.4, 0.5) is 0 Å². The van der Waals surface area contributed by atoms with Crippen LogP contribution in [0.2, 0.25) is 5.02 Å². The number of aromatic nitrogens is 1. The Morgan fingerprint density at radius 1 is 1.28 bits per heavy atom. The summed E-state index contributed by atoms with van der Waals surface area (Å²) in [6.07, 6.45) is 4.81. The summed E-state index contributed by atoms with van der Waals surface area (Å²) in [5.74, 6) is -0.999. The minimum absolute atomic E-state index is 0.186. The lowest BCUT2D eigenvalue weighted by molar-refractivity contribution is -0.130. The largest absolute Gasteiger partial charge is 0.478 e. The van der Waals surface area contributed by atoms with Gasteiger partial charge in [-0.3, -0.25) is 4.98 Å². The van der Waals surface area contributed by atoms with Crippen LogP contribution in [0.5, 0.6) is 0 Å². The smallest absolute Gasteiger partial charge is 0.336 e. The molecule has 2 rings (SSSR count). The van der Waals surface area contributed by atoms with Gasteiger partial charge in [0.1, 0.15) is 0 Å². The topological polar surface area (TPSA) is 50.2 Å². The predicted octanol–water partition coefficient (Wildman–Crippen LogP) is 3.36. The van der Waals surface area contributed by atoms with Gasteiger partial charge in [-0.05, 0) is 35.4 Å². The van der Waals surface area contributed by atoms with Crippen molar-refractivity contribution in [3.63, 3.8) is 0 Å². The van der Waals surface area contributed by atoms with Crippen molar-refractivity contribution in [3.8, 4) is 0 Å². The molecule has 0 radical (unpaired) electrons. The summed E-state index contributed by atoms with van der Waals surface area (Å²) in [5.41, 5.74) is 1.49. The van der Waals surface area contributed by atoms with E-state index in [1.165, 1.54) is 0 Å². The highest BCUT2D eigenvalue weighted by molar-refractivity contribution is 6.31. The Balaban J connectivity index is 2.47. The summed E-state index contributed by atoms with van der Waals surface area (Å²) in [6.45, 7) is 0. The zero-order chi connectivity index (χ0) is 13.0. The molecule has 1 aromatic heterocycles. The molecular formula is C14H10ClNO2. The summed E-state index contributed by atoms with van der Waals surface area (Å²) in [6, 6.07) is 10.3. The molecule has 0 aliphatic heterocycles. The van der Waals surface area contributed by atoms with Gasteiger partial charge in [-0.25, -0.2) is 4.79 Å². The number of hydrogen-bond donors (Lipinski definition) is 1. The Morgan fingerprint density at radius 3 is 2.72 bits per heavy atom. The maximum Gasteiger partial charge on any atom is 0.336 e. The standard InChI is InChI=1S/C14H10ClNO2/c15-12-5-1-4-11(8-12)13(14(17)18)7-10-3-2-6-16-9-10/h1-9H,(H,17,18)/b13-7+.